The molecule has 4 nitrogen and oxygen atoms in total. The van der Waals surface area contributed by atoms with Crippen LogP contribution in [-0.2, 0) is 0 Å². The summed E-state index contributed by atoms with van der Waals surface area (Å²) in [5.74, 6) is 0. The molecule has 58 valence electrons. The van der Waals surface area contributed by atoms with Crippen LogP contribution in [-0.4, -0.2) is 29.3 Å². The average molecular weight is 162 g/mol. The fourth-order valence-electron chi connectivity index (χ4n) is 0.466. The van der Waals surface area contributed by atoms with Gasteiger partial charge in [0.1, 0.15) is 5.04 Å². The van der Waals surface area contributed by atoms with Crippen molar-refractivity contribution in [3.63, 3.8) is 0 Å². The van der Waals surface area contributed by atoms with E-state index in [0.717, 1.165) is 0 Å². The Morgan fingerprint density at radius 3 is 2.70 bits per heavy atom. The molecule has 0 N–H and O–H groups in total. The highest BCUT2D eigenvalue weighted by Crippen LogP contribution is 1.97. The number of hydrogen-bond donors (Lipinski definition) is 0. The topological polar surface area (TPSA) is 55.5 Å². The molecule has 0 saturated carbocycles. The number of thioether (sulfide) groups is 1. The highest BCUT2D eigenvalue weighted by Gasteiger charge is 2.03. The molecule has 0 aliphatic rings. The van der Waals surface area contributed by atoms with Gasteiger partial charge in [-0.2, -0.15) is 0 Å². The lowest BCUT2D eigenvalue weighted by molar-refractivity contribution is -0.462. The number of nitro groups is 1. The molecule has 0 amide bonds. The van der Waals surface area contributed by atoms with Gasteiger partial charge in [-0.15, -0.1) is 11.8 Å². The largest absolute Gasteiger partial charge is 0.277 e. The minimum Gasteiger partial charge on any atom is -0.277 e. The van der Waals surface area contributed by atoms with Gasteiger partial charge in [-0.05, 0) is 13.2 Å². The molecule has 0 aromatic rings. The van der Waals surface area contributed by atoms with Gasteiger partial charge in [0.2, 0.25) is 0 Å². The van der Waals surface area contributed by atoms with E-state index in [2.05, 4.69) is 4.99 Å². The first-order valence-electron chi connectivity index (χ1n) is 2.89. The van der Waals surface area contributed by atoms with Crippen LogP contribution in [0, 0.1) is 10.1 Å². The van der Waals surface area contributed by atoms with E-state index in [1.54, 1.807) is 6.26 Å². The zero-order chi connectivity index (χ0) is 7.98. The molecule has 0 saturated heterocycles. The lowest BCUT2D eigenvalue weighted by atomic mass is 10.7. The van der Waals surface area contributed by atoms with Crippen molar-refractivity contribution in [2.75, 3.05) is 19.3 Å². The molecule has 0 bridgehead atoms. The Bertz CT molecular complexity index is 147. The predicted octanol–water partition coefficient (Wildman–Crippen LogP) is 1.04. The van der Waals surface area contributed by atoms with Crippen molar-refractivity contribution in [1.29, 1.82) is 0 Å². The molecule has 0 atom stereocenters. The standard InChI is InChI=1S/C5H10N2O2S/c1-3-6-5(10-2)4-7(8)9/h3-4H2,1-2H3. The Morgan fingerprint density at radius 1 is 1.80 bits per heavy atom. The second kappa shape index (κ2) is 5.22. The van der Waals surface area contributed by atoms with Crippen LogP contribution in [0.25, 0.3) is 0 Å². The summed E-state index contributed by atoms with van der Waals surface area (Å²) >= 11 is 1.33. The third-order valence-corrected chi connectivity index (χ3v) is 1.56. The van der Waals surface area contributed by atoms with E-state index in [-0.39, 0.29) is 11.5 Å². The Morgan fingerprint density at radius 2 is 2.40 bits per heavy atom. The number of rotatable bonds is 3. The highest BCUT2D eigenvalue weighted by molar-refractivity contribution is 8.13. The van der Waals surface area contributed by atoms with Crippen LogP contribution < -0.4 is 0 Å². The zero-order valence-electron chi connectivity index (χ0n) is 6.03. The Balaban J connectivity index is 3.83. The minimum absolute atomic E-state index is 0.144. The van der Waals surface area contributed by atoms with E-state index in [4.69, 9.17) is 0 Å². The van der Waals surface area contributed by atoms with Gasteiger partial charge in [-0.1, -0.05) is 0 Å². The van der Waals surface area contributed by atoms with Crippen molar-refractivity contribution in [2.45, 2.75) is 6.92 Å². The molecule has 0 unspecified atom stereocenters. The first-order chi connectivity index (χ1) is 4.70. The Labute approximate surface area is 63.9 Å². The van der Waals surface area contributed by atoms with Gasteiger partial charge >= 0.3 is 0 Å². The first kappa shape index (κ1) is 9.42. The molecule has 0 radical (unpaired) electrons. The smallest absolute Gasteiger partial charge is 0.250 e. The highest BCUT2D eigenvalue weighted by atomic mass is 32.2. The molecule has 0 aromatic heterocycles. The van der Waals surface area contributed by atoms with Crippen LogP contribution >= 0.6 is 11.8 Å². The van der Waals surface area contributed by atoms with Crippen LogP contribution in [0.5, 0.6) is 0 Å². The van der Waals surface area contributed by atoms with Crippen LogP contribution in [0.3, 0.4) is 0 Å². The van der Waals surface area contributed by atoms with Crippen LogP contribution in [0.2, 0.25) is 0 Å². The molecule has 0 aliphatic carbocycles. The van der Waals surface area contributed by atoms with Gasteiger partial charge in [0.15, 0.2) is 0 Å². The first-order valence-corrected chi connectivity index (χ1v) is 4.12. The quantitative estimate of drug-likeness (QED) is 0.270. The van der Waals surface area contributed by atoms with E-state index in [1.807, 2.05) is 6.92 Å². The molecular formula is C5H10N2O2S. The van der Waals surface area contributed by atoms with E-state index < -0.39 is 0 Å². The van der Waals surface area contributed by atoms with Gasteiger partial charge in [0.25, 0.3) is 6.54 Å². The van der Waals surface area contributed by atoms with Gasteiger partial charge in [0.05, 0.1) is 0 Å². The normalized spacial score (nSPS) is 11.6. The maximum atomic E-state index is 9.95. The van der Waals surface area contributed by atoms with Gasteiger partial charge in [-0.25, -0.2) is 0 Å². The van der Waals surface area contributed by atoms with Crippen molar-refractivity contribution in [3.05, 3.63) is 10.1 Å². The summed E-state index contributed by atoms with van der Waals surface area (Å²) in [6.45, 7) is 2.33. The van der Waals surface area contributed by atoms with E-state index in [9.17, 15) is 10.1 Å². The van der Waals surface area contributed by atoms with Crippen LogP contribution in [0.15, 0.2) is 4.99 Å². The molecule has 0 rings (SSSR count). The van der Waals surface area contributed by atoms with E-state index in [0.29, 0.717) is 11.6 Å². The van der Waals surface area contributed by atoms with Crippen molar-refractivity contribution in [1.82, 2.24) is 0 Å². The SMILES string of the molecule is CCN=C(C[N+](=O)[O-])SC. The molecule has 0 heterocycles. The predicted molar refractivity (Wildman–Crippen MR) is 43.4 cm³/mol. The second-order valence-electron chi connectivity index (χ2n) is 1.56. The van der Waals surface area contributed by atoms with Crippen molar-refractivity contribution >= 4 is 16.8 Å². The second-order valence-corrected chi connectivity index (χ2v) is 2.44. The molecule has 0 aliphatic heterocycles. The maximum absolute atomic E-state index is 9.95. The lowest BCUT2D eigenvalue weighted by Crippen LogP contribution is -2.10. The van der Waals surface area contributed by atoms with Gasteiger partial charge in [-0.3, -0.25) is 15.1 Å². The van der Waals surface area contributed by atoms with Crippen molar-refractivity contribution in [2.24, 2.45) is 4.99 Å². The van der Waals surface area contributed by atoms with Gasteiger partial charge in [0, 0.05) is 11.5 Å². The van der Waals surface area contributed by atoms with E-state index >= 15 is 0 Å². The monoisotopic (exact) mass is 162 g/mol. The third-order valence-electron chi connectivity index (χ3n) is 0.834. The summed E-state index contributed by atoms with van der Waals surface area (Å²) in [5.41, 5.74) is 0. The maximum Gasteiger partial charge on any atom is 0.250 e. The molecule has 0 spiro atoms. The zero-order valence-corrected chi connectivity index (χ0v) is 6.85. The summed E-state index contributed by atoms with van der Waals surface area (Å²) < 4.78 is 0. The molecule has 10 heavy (non-hydrogen) atoms. The fraction of sp³-hybridized carbons (Fsp3) is 0.800. The van der Waals surface area contributed by atoms with Gasteiger partial charge < -0.3 is 0 Å². The van der Waals surface area contributed by atoms with Crippen molar-refractivity contribution in [3.8, 4) is 0 Å². The van der Waals surface area contributed by atoms with Crippen LogP contribution in [0.1, 0.15) is 6.92 Å². The summed E-state index contributed by atoms with van der Waals surface area (Å²) in [4.78, 5) is 13.5. The summed E-state index contributed by atoms with van der Waals surface area (Å²) in [6, 6.07) is 0. The minimum atomic E-state index is -0.370. The fourth-order valence-corrected chi connectivity index (χ4v) is 0.959. The molecule has 5 heteroatoms. The average Bonchev–Trinajstić information content (AvgIpc) is 1.86. The Kier molecular flexibility index (Phi) is 4.92. The number of nitrogens with zero attached hydrogens (tertiary/aromatic N) is 2. The molecular weight excluding hydrogens is 152 g/mol. The Hall–Kier alpha value is -0.580. The molecule has 0 fully saturated rings. The van der Waals surface area contributed by atoms with Crippen LogP contribution in [0.4, 0.5) is 0 Å². The van der Waals surface area contributed by atoms with E-state index in [1.165, 1.54) is 11.8 Å². The summed E-state index contributed by atoms with van der Waals surface area (Å²) in [5, 5.41) is 10.5. The number of aliphatic imine (C=N–C) groups is 1. The van der Waals surface area contributed by atoms with Crippen molar-refractivity contribution < 1.29 is 4.92 Å². The summed E-state index contributed by atoms with van der Waals surface area (Å²) in [6.07, 6.45) is 1.79. The number of hydrogen-bond acceptors (Lipinski definition) is 4. The summed E-state index contributed by atoms with van der Waals surface area (Å²) in [7, 11) is 0. The third kappa shape index (κ3) is 4.31. The molecule has 0 aromatic carbocycles. The lowest BCUT2D eigenvalue weighted by Gasteiger charge is -1.94.